The van der Waals surface area contributed by atoms with Crippen LogP contribution in [0.15, 0.2) is 23.4 Å². The van der Waals surface area contributed by atoms with Crippen molar-refractivity contribution in [1.29, 1.82) is 0 Å². The smallest absolute Gasteiger partial charge is 0.251 e. The van der Waals surface area contributed by atoms with Crippen LogP contribution in [0.4, 0.5) is 5.00 Å². The number of carbonyl (C=O) groups excluding carboxylic acids is 2. The fourth-order valence-electron chi connectivity index (χ4n) is 4.14. The molecule has 33 heavy (non-hydrogen) atoms. The summed E-state index contributed by atoms with van der Waals surface area (Å²) in [5.74, 6) is -0.726. The SMILES string of the molecule is CCC(Sc1nnc2cc(C)c3cc(C)cc(C)c3n12)C(=O)Nc1sc(C)c(C)c1C(N)=O. The van der Waals surface area contributed by atoms with Crippen LogP contribution in [0.3, 0.4) is 0 Å². The van der Waals surface area contributed by atoms with Crippen LogP contribution in [0.25, 0.3) is 16.6 Å². The van der Waals surface area contributed by atoms with Gasteiger partial charge < -0.3 is 11.1 Å². The number of aromatic nitrogens is 3. The molecule has 0 aliphatic carbocycles. The Bertz CT molecular complexity index is 1420. The van der Waals surface area contributed by atoms with Crippen molar-refractivity contribution in [3.8, 4) is 0 Å². The number of nitrogens with one attached hydrogen (secondary N) is 1. The maximum absolute atomic E-state index is 13.2. The number of hydrogen-bond acceptors (Lipinski definition) is 6. The Labute approximate surface area is 200 Å². The Kier molecular flexibility index (Phi) is 6.20. The lowest BCUT2D eigenvalue weighted by atomic mass is 10.0. The fraction of sp³-hybridized carbons (Fsp3) is 0.333. The summed E-state index contributed by atoms with van der Waals surface area (Å²) in [7, 11) is 0. The van der Waals surface area contributed by atoms with Crippen molar-refractivity contribution in [3.05, 3.63) is 50.9 Å². The number of carbonyl (C=O) groups is 2. The Balaban J connectivity index is 1.72. The largest absolute Gasteiger partial charge is 0.365 e. The zero-order chi connectivity index (χ0) is 24.0. The third-order valence-corrected chi connectivity index (χ3v) is 8.31. The number of rotatable bonds is 6. The van der Waals surface area contributed by atoms with Crippen LogP contribution in [0.1, 0.15) is 50.8 Å². The van der Waals surface area contributed by atoms with Crippen molar-refractivity contribution >= 4 is 56.5 Å². The van der Waals surface area contributed by atoms with E-state index < -0.39 is 11.2 Å². The minimum Gasteiger partial charge on any atom is -0.365 e. The number of nitrogens with two attached hydrogens (primary N) is 1. The van der Waals surface area contributed by atoms with Crippen molar-refractivity contribution in [2.75, 3.05) is 5.32 Å². The molecular formula is C24H27N5O2S2. The highest BCUT2D eigenvalue weighted by Crippen LogP contribution is 2.35. The lowest BCUT2D eigenvalue weighted by Crippen LogP contribution is -2.26. The highest BCUT2D eigenvalue weighted by Gasteiger charge is 2.25. The normalized spacial score (nSPS) is 12.4. The lowest BCUT2D eigenvalue weighted by molar-refractivity contribution is -0.115. The van der Waals surface area contributed by atoms with E-state index in [1.165, 1.54) is 28.7 Å². The maximum Gasteiger partial charge on any atom is 0.251 e. The minimum absolute atomic E-state index is 0.188. The number of benzene rings is 1. The number of fused-ring (bicyclic) bond motifs is 3. The number of nitrogens with zero attached hydrogens (tertiary/aromatic N) is 3. The number of thiophene rings is 1. The highest BCUT2D eigenvalue weighted by atomic mass is 32.2. The molecule has 4 aromatic rings. The first-order valence-electron chi connectivity index (χ1n) is 10.7. The molecule has 1 atom stereocenters. The Morgan fingerprint density at radius 2 is 1.85 bits per heavy atom. The second-order valence-electron chi connectivity index (χ2n) is 8.34. The molecule has 0 bridgehead atoms. The van der Waals surface area contributed by atoms with Gasteiger partial charge in [0.15, 0.2) is 10.8 Å². The van der Waals surface area contributed by atoms with Crippen LogP contribution >= 0.6 is 23.1 Å². The minimum atomic E-state index is -0.538. The molecule has 0 aliphatic rings. The molecular weight excluding hydrogens is 454 g/mol. The number of amides is 2. The Hall–Kier alpha value is -2.91. The summed E-state index contributed by atoms with van der Waals surface area (Å²) in [6.07, 6.45) is 0.586. The number of anilines is 1. The van der Waals surface area contributed by atoms with E-state index in [2.05, 4.69) is 48.4 Å². The van der Waals surface area contributed by atoms with Gasteiger partial charge in [-0.05, 0) is 69.9 Å². The molecule has 1 unspecified atom stereocenters. The topological polar surface area (TPSA) is 102 Å². The summed E-state index contributed by atoms with van der Waals surface area (Å²) in [5, 5.41) is 13.6. The molecule has 0 saturated heterocycles. The van der Waals surface area contributed by atoms with Crippen molar-refractivity contribution in [2.24, 2.45) is 5.73 Å². The van der Waals surface area contributed by atoms with E-state index in [-0.39, 0.29) is 5.91 Å². The number of thioether (sulfide) groups is 1. The predicted molar refractivity (Wildman–Crippen MR) is 136 cm³/mol. The summed E-state index contributed by atoms with van der Waals surface area (Å²) in [5.41, 5.74) is 12.0. The van der Waals surface area contributed by atoms with Crippen molar-refractivity contribution in [2.45, 2.75) is 58.4 Å². The zero-order valence-electron chi connectivity index (χ0n) is 19.6. The molecule has 3 aromatic heterocycles. The number of pyridine rings is 1. The van der Waals surface area contributed by atoms with Gasteiger partial charge >= 0.3 is 0 Å². The molecule has 0 saturated carbocycles. The van der Waals surface area contributed by atoms with Gasteiger partial charge in [-0.1, -0.05) is 30.3 Å². The van der Waals surface area contributed by atoms with Gasteiger partial charge in [0.2, 0.25) is 5.91 Å². The van der Waals surface area contributed by atoms with Gasteiger partial charge in [0.05, 0.1) is 16.3 Å². The monoisotopic (exact) mass is 481 g/mol. The number of primary amides is 1. The molecule has 0 spiro atoms. The molecule has 9 heteroatoms. The van der Waals surface area contributed by atoms with Crippen LogP contribution in [0, 0.1) is 34.6 Å². The van der Waals surface area contributed by atoms with Crippen LogP contribution in [-0.2, 0) is 4.79 Å². The molecule has 0 radical (unpaired) electrons. The fourth-order valence-corrected chi connectivity index (χ4v) is 6.18. The van der Waals surface area contributed by atoms with Crippen LogP contribution in [0.5, 0.6) is 0 Å². The Morgan fingerprint density at radius 3 is 2.52 bits per heavy atom. The third-order valence-electron chi connectivity index (χ3n) is 5.88. The second kappa shape index (κ2) is 8.79. The van der Waals surface area contributed by atoms with Crippen molar-refractivity contribution < 1.29 is 9.59 Å². The van der Waals surface area contributed by atoms with E-state index in [9.17, 15) is 9.59 Å². The third kappa shape index (κ3) is 4.11. The molecule has 3 N–H and O–H groups in total. The van der Waals surface area contributed by atoms with E-state index >= 15 is 0 Å². The molecule has 4 rings (SSSR count). The summed E-state index contributed by atoms with van der Waals surface area (Å²) in [4.78, 5) is 26.1. The molecule has 1 aromatic carbocycles. The number of hydrogen-bond donors (Lipinski definition) is 2. The number of aryl methyl sites for hydroxylation is 4. The summed E-state index contributed by atoms with van der Waals surface area (Å²) < 4.78 is 2.03. The second-order valence-corrected chi connectivity index (χ2v) is 10.7. The first-order chi connectivity index (χ1) is 15.6. The molecule has 0 aliphatic heterocycles. The summed E-state index contributed by atoms with van der Waals surface area (Å²) in [6.45, 7) is 12.0. The van der Waals surface area contributed by atoms with Gasteiger partial charge in [-0.25, -0.2) is 0 Å². The molecule has 0 fully saturated rings. The zero-order valence-corrected chi connectivity index (χ0v) is 21.2. The standard InChI is InChI=1S/C24H27N5O2S2/c1-7-17(22(31)26-23-19(21(25)30)14(5)15(6)32-23)33-24-28-27-18-10-12(3)16-9-11(2)8-13(4)20(16)29(18)24/h8-10,17H,7H2,1-6H3,(H2,25,30)(H,26,31). The molecule has 3 heterocycles. The maximum atomic E-state index is 13.2. The predicted octanol–water partition coefficient (Wildman–Crippen LogP) is 5.09. The van der Waals surface area contributed by atoms with E-state index in [0.717, 1.165) is 38.1 Å². The molecule has 2 amide bonds. The summed E-state index contributed by atoms with van der Waals surface area (Å²) >= 11 is 2.74. The van der Waals surface area contributed by atoms with E-state index in [1.54, 1.807) is 0 Å². The molecule has 172 valence electrons. The first kappa shape index (κ1) is 23.3. The van der Waals surface area contributed by atoms with Crippen LogP contribution < -0.4 is 11.1 Å². The first-order valence-corrected chi connectivity index (χ1v) is 12.4. The lowest BCUT2D eigenvalue weighted by Gasteiger charge is -2.15. The van der Waals surface area contributed by atoms with Gasteiger partial charge in [0.1, 0.15) is 5.00 Å². The van der Waals surface area contributed by atoms with Gasteiger partial charge in [-0.3, -0.25) is 14.0 Å². The quantitative estimate of drug-likeness (QED) is 0.373. The van der Waals surface area contributed by atoms with E-state index in [1.807, 2.05) is 31.2 Å². The van der Waals surface area contributed by atoms with Gasteiger partial charge in [0.25, 0.3) is 5.91 Å². The van der Waals surface area contributed by atoms with E-state index in [0.29, 0.717) is 22.1 Å². The van der Waals surface area contributed by atoms with Crippen LogP contribution in [-0.4, -0.2) is 31.7 Å². The van der Waals surface area contributed by atoms with Crippen molar-refractivity contribution in [1.82, 2.24) is 14.6 Å². The van der Waals surface area contributed by atoms with Crippen LogP contribution in [0.2, 0.25) is 0 Å². The van der Waals surface area contributed by atoms with E-state index in [4.69, 9.17) is 5.73 Å². The Morgan fingerprint density at radius 1 is 1.12 bits per heavy atom. The van der Waals surface area contributed by atoms with Gasteiger partial charge in [0, 0.05) is 10.3 Å². The van der Waals surface area contributed by atoms with Gasteiger partial charge in [-0.15, -0.1) is 21.5 Å². The average Bonchev–Trinajstić information content (AvgIpc) is 3.25. The average molecular weight is 482 g/mol. The highest BCUT2D eigenvalue weighted by molar-refractivity contribution is 8.00. The van der Waals surface area contributed by atoms with Crippen molar-refractivity contribution in [3.63, 3.8) is 0 Å². The molecule has 7 nitrogen and oxygen atoms in total. The van der Waals surface area contributed by atoms with Gasteiger partial charge in [-0.2, -0.15) is 0 Å². The summed E-state index contributed by atoms with van der Waals surface area (Å²) in [6, 6.07) is 6.34.